The number of amidine groups is 1. The lowest BCUT2D eigenvalue weighted by atomic mass is 9.80. The van der Waals surface area contributed by atoms with Gasteiger partial charge in [-0.3, -0.25) is 4.79 Å². The first-order valence-electron chi connectivity index (χ1n) is 9.75. The summed E-state index contributed by atoms with van der Waals surface area (Å²) in [6.45, 7) is 0.723. The van der Waals surface area contributed by atoms with E-state index in [0.29, 0.717) is 5.56 Å². The fourth-order valence-electron chi connectivity index (χ4n) is 4.99. The topological polar surface area (TPSA) is 35.9 Å². The van der Waals surface area contributed by atoms with Gasteiger partial charge in [0.25, 0.3) is 5.91 Å². The summed E-state index contributed by atoms with van der Waals surface area (Å²) in [6, 6.07) is 20.7. The number of amides is 1. The van der Waals surface area contributed by atoms with Crippen molar-refractivity contribution >= 4 is 23.1 Å². The second-order valence-corrected chi connectivity index (χ2v) is 7.72. The van der Waals surface area contributed by atoms with Gasteiger partial charge in [0.1, 0.15) is 11.7 Å². The van der Waals surface area contributed by atoms with Crippen LogP contribution >= 0.6 is 0 Å². The number of rotatable bonds is 1. The molecule has 0 saturated heterocycles. The van der Waals surface area contributed by atoms with Crippen molar-refractivity contribution in [2.24, 2.45) is 4.99 Å². The second kappa shape index (κ2) is 5.54. The molecule has 0 aliphatic carbocycles. The molecule has 3 heterocycles. The van der Waals surface area contributed by atoms with Gasteiger partial charge in [-0.2, -0.15) is 0 Å². The summed E-state index contributed by atoms with van der Waals surface area (Å²) in [5, 5.41) is 0. The van der Waals surface area contributed by atoms with Crippen LogP contribution in [0.1, 0.15) is 22.3 Å². The molecule has 1 spiro atoms. The summed E-state index contributed by atoms with van der Waals surface area (Å²) in [7, 11) is 1.74. The minimum atomic E-state index is -1.40. The predicted molar refractivity (Wildman–Crippen MR) is 111 cm³/mol. The van der Waals surface area contributed by atoms with Crippen molar-refractivity contribution in [1.29, 1.82) is 0 Å². The fourth-order valence-corrected chi connectivity index (χ4v) is 4.99. The molecule has 0 saturated carbocycles. The van der Waals surface area contributed by atoms with Crippen molar-refractivity contribution < 1.29 is 9.18 Å². The highest BCUT2D eigenvalue weighted by Crippen LogP contribution is 2.54. The monoisotopic (exact) mass is 383 g/mol. The van der Waals surface area contributed by atoms with E-state index in [9.17, 15) is 4.79 Å². The number of carbonyl (C=O) groups excluding carboxylic acids is 1. The van der Waals surface area contributed by atoms with Gasteiger partial charge in [0.15, 0.2) is 5.54 Å². The summed E-state index contributed by atoms with van der Waals surface area (Å²) in [5.41, 5.74) is 3.29. The van der Waals surface area contributed by atoms with Gasteiger partial charge in [-0.25, -0.2) is 9.38 Å². The molecule has 1 atom stereocenters. The first-order chi connectivity index (χ1) is 14.1. The molecule has 1 unspecified atom stereocenters. The van der Waals surface area contributed by atoms with E-state index in [1.54, 1.807) is 11.9 Å². The largest absolute Gasteiger partial charge is 0.325 e. The van der Waals surface area contributed by atoms with Gasteiger partial charge in [-0.1, -0.05) is 54.6 Å². The number of aliphatic imine (C=N–C) groups is 1. The smallest absolute Gasteiger partial charge is 0.264 e. The zero-order valence-electron chi connectivity index (χ0n) is 15.9. The number of hydrogen-bond donors (Lipinski definition) is 0. The number of benzene rings is 3. The third kappa shape index (κ3) is 1.92. The van der Waals surface area contributed by atoms with Crippen LogP contribution in [0.4, 0.5) is 15.8 Å². The third-order valence-electron chi connectivity index (χ3n) is 6.28. The number of hydrogen-bond acceptors (Lipinski definition) is 3. The van der Waals surface area contributed by atoms with Crippen LogP contribution in [0.3, 0.4) is 0 Å². The summed E-state index contributed by atoms with van der Waals surface area (Å²) in [5.74, 6) is 0.122. The summed E-state index contributed by atoms with van der Waals surface area (Å²) >= 11 is 0. The Hall–Kier alpha value is -3.47. The Morgan fingerprint density at radius 3 is 2.59 bits per heavy atom. The highest BCUT2D eigenvalue weighted by molar-refractivity contribution is 6.19. The Kier molecular flexibility index (Phi) is 3.15. The van der Waals surface area contributed by atoms with E-state index in [4.69, 9.17) is 4.99 Å². The summed E-state index contributed by atoms with van der Waals surface area (Å²) in [4.78, 5) is 22.4. The molecule has 0 aromatic heterocycles. The lowest BCUT2D eigenvalue weighted by molar-refractivity contribution is -0.121. The van der Waals surface area contributed by atoms with E-state index in [0.717, 1.165) is 46.9 Å². The van der Waals surface area contributed by atoms with E-state index < -0.39 is 5.54 Å². The number of halogens is 1. The molecule has 3 aromatic carbocycles. The Balaban J connectivity index is 1.76. The van der Waals surface area contributed by atoms with Crippen LogP contribution in [0.2, 0.25) is 0 Å². The van der Waals surface area contributed by atoms with Crippen molar-refractivity contribution in [2.45, 2.75) is 12.0 Å². The zero-order chi connectivity index (χ0) is 19.8. The minimum absolute atomic E-state index is 0.217. The van der Waals surface area contributed by atoms with Crippen molar-refractivity contribution in [3.05, 3.63) is 94.8 Å². The van der Waals surface area contributed by atoms with E-state index in [2.05, 4.69) is 4.90 Å². The van der Waals surface area contributed by atoms with Gasteiger partial charge in [0.2, 0.25) is 0 Å². The van der Waals surface area contributed by atoms with E-state index in [1.165, 1.54) is 6.07 Å². The molecule has 0 fully saturated rings. The maximum absolute atomic E-state index is 15.4. The average Bonchev–Trinajstić information content (AvgIpc) is 3.27. The van der Waals surface area contributed by atoms with E-state index in [-0.39, 0.29) is 11.7 Å². The molecule has 0 N–H and O–H groups in total. The number of anilines is 2. The fraction of sp³-hybridized carbons (Fsp3) is 0.167. The first-order valence-corrected chi connectivity index (χ1v) is 9.75. The lowest BCUT2D eigenvalue weighted by Gasteiger charge is -2.37. The molecule has 29 heavy (non-hydrogen) atoms. The number of nitrogens with zero attached hydrogens (tertiary/aromatic N) is 3. The molecule has 3 aliphatic heterocycles. The van der Waals surface area contributed by atoms with Gasteiger partial charge in [0, 0.05) is 30.4 Å². The molecule has 3 aromatic rings. The predicted octanol–water partition coefficient (Wildman–Crippen LogP) is 3.87. The average molecular weight is 383 g/mol. The molecule has 142 valence electrons. The van der Waals surface area contributed by atoms with Crippen LogP contribution in [0.5, 0.6) is 0 Å². The van der Waals surface area contributed by atoms with E-state index in [1.807, 2.05) is 60.7 Å². The molecule has 1 amide bonds. The molecular formula is C24H18FN3O. The van der Waals surface area contributed by atoms with Crippen LogP contribution in [0.15, 0.2) is 71.7 Å². The van der Waals surface area contributed by atoms with Crippen LogP contribution in [-0.4, -0.2) is 25.3 Å². The molecule has 6 rings (SSSR count). The Bertz CT molecular complexity index is 1220. The normalized spacial score (nSPS) is 21.4. The highest BCUT2D eigenvalue weighted by Gasteiger charge is 2.57. The molecule has 5 heteroatoms. The summed E-state index contributed by atoms with van der Waals surface area (Å²) in [6.07, 6.45) is 0.802. The van der Waals surface area contributed by atoms with Crippen LogP contribution < -0.4 is 9.80 Å². The van der Waals surface area contributed by atoms with Crippen LogP contribution in [-0.2, 0) is 16.8 Å². The SMILES string of the molecule is CN1C(=O)C2(N=C(c3ccccc3)N3CCc4ccc(F)c2c43)c2ccccc21. The van der Waals surface area contributed by atoms with Crippen molar-refractivity contribution in [3.8, 4) is 0 Å². The molecule has 0 bridgehead atoms. The maximum Gasteiger partial charge on any atom is 0.264 e. The zero-order valence-corrected chi connectivity index (χ0v) is 15.9. The molecule has 4 nitrogen and oxygen atoms in total. The standard InChI is InChI=1S/C24H18FN3O/c1-27-19-10-6-5-9-17(19)24(23(27)29)20-18(25)12-11-15-13-14-28(21(15)20)22(26-24)16-7-3-2-4-8-16/h2-12H,13-14H2,1H3. The van der Waals surface area contributed by atoms with Gasteiger partial charge in [0.05, 0.1) is 11.3 Å². The quantitative estimate of drug-likeness (QED) is 0.640. The highest BCUT2D eigenvalue weighted by atomic mass is 19.1. The molecule has 0 radical (unpaired) electrons. The van der Waals surface area contributed by atoms with Gasteiger partial charge in [-0.05, 0) is 24.1 Å². The first kappa shape index (κ1) is 16.5. The number of para-hydroxylation sites is 1. The van der Waals surface area contributed by atoms with Gasteiger partial charge in [-0.15, -0.1) is 0 Å². The third-order valence-corrected chi connectivity index (χ3v) is 6.28. The van der Waals surface area contributed by atoms with Crippen molar-refractivity contribution in [1.82, 2.24) is 0 Å². The second-order valence-electron chi connectivity index (χ2n) is 7.72. The number of carbonyl (C=O) groups is 1. The lowest BCUT2D eigenvalue weighted by Crippen LogP contribution is -2.46. The minimum Gasteiger partial charge on any atom is -0.325 e. The Morgan fingerprint density at radius 2 is 1.76 bits per heavy atom. The van der Waals surface area contributed by atoms with E-state index >= 15 is 4.39 Å². The number of likely N-dealkylation sites (N-methyl/N-ethyl adjacent to an activating group) is 1. The van der Waals surface area contributed by atoms with Crippen molar-refractivity contribution in [3.63, 3.8) is 0 Å². The van der Waals surface area contributed by atoms with Gasteiger partial charge >= 0.3 is 0 Å². The number of fused-ring (bicyclic) bond motifs is 3. The summed E-state index contributed by atoms with van der Waals surface area (Å²) < 4.78 is 15.4. The van der Waals surface area contributed by atoms with Crippen molar-refractivity contribution in [2.75, 3.05) is 23.4 Å². The van der Waals surface area contributed by atoms with Crippen LogP contribution in [0, 0.1) is 5.82 Å². The van der Waals surface area contributed by atoms with Crippen LogP contribution in [0.25, 0.3) is 0 Å². The maximum atomic E-state index is 15.4. The molecule has 3 aliphatic rings. The molecular weight excluding hydrogens is 365 g/mol. The van der Waals surface area contributed by atoms with Gasteiger partial charge < -0.3 is 9.80 Å². The Labute approximate surface area is 167 Å². The Morgan fingerprint density at radius 1 is 1.00 bits per heavy atom.